The molecule has 98 valence electrons. The fourth-order valence-corrected chi connectivity index (χ4v) is 3.78. The summed E-state index contributed by atoms with van der Waals surface area (Å²) in [5, 5.41) is 7.13. The van der Waals surface area contributed by atoms with E-state index >= 15 is 0 Å². The first-order chi connectivity index (χ1) is 8.80. The highest BCUT2D eigenvalue weighted by molar-refractivity contribution is 7.98. The monoisotopic (exact) mass is 262 g/mol. The molecule has 2 fully saturated rings. The number of piperidine rings is 1. The zero-order chi connectivity index (χ0) is 12.4. The molecular weight excluding hydrogens is 240 g/mol. The second kappa shape index (κ2) is 5.14. The second-order valence-corrected chi connectivity index (χ2v) is 6.61. The molecule has 0 bridgehead atoms. The summed E-state index contributed by atoms with van der Waals surface area (Å²) in [7, 11) is 0. The molecule has 1 heterocycles. The third-order valence-electron chi connectivity index (χ3n) is 4.48. The Labute approximate surface area is 114 Å². The fraction of sp³-hybridized carbons (Fsp3) is 0.600. The van der Waals surface area contributed by atoms with E-state index in [1.165, 1.54) is 49.4 Å². The van der Waals surface area contributed by atoms with Crippen LogP contribution in [-0.2, 0) is 0 Å². The molecule has 1 saturated heterocycles. The largest absolute Gasteiger partial charge is 0.382 e. The zero-order valence-electron chi connectivity index (χ0n) is 11.0. The number of thioether (sulfide) groups is 1. The summed E-state index contributed by atoms with van der Waals surface area (Å²) in [6, 6.07) is 9.51. The van der Waals surface area contributed by atoms with Crippen molar-refractivity contribution in [2.45, 2.75) is 36.6 Å². The highest BCUT2D eigenvalue weighted by atomic mass is 32.2. The number of rotatable bonds is 3. The Balaban J connectivity index is 1.52. The van der Waals surface area contributed by atoms with Crippen molar-refractivity contribution >= 4 is 17.4 Å². The van der Waals surface area contributed by atoms with Crippen molar-refractivity contribution in [2.24, 2.45) is 5.41 Å². The molecule has 1 aromatic carbocycles. The van der Waals surface area contributed by atoms with E-state index in [-0.39, 0.29) is 0 Å². The molecule has 3 rings (SSSR count). The summed E-state index contributed by atoms with van der Waals surface area (Å²) in [5.74, 6) is 0. The van der Waals surface area contributed by atoms with Crippen LogP contribution >= 0.6 is 11.8 Å². The van der Waals surface area contributed by atoms with Gasteiger partial charge in [0.1, 0.15) is 0 Å². The minimum atomic E-state index is 0.669. The quantitative estimate of drug-likeness (QED) is 0.817. The lowest BCUT2D eigenvalue weighted by Crippen LogP contribution is -2.50. The maximum atomic E-state index is 3.67. The lowest BCUT2D eigenvalue weighted by molar-refractivity contribution is 0.0718. The van der Waals surface area contributed by atoms with Gasteiger partial charge in [-0.05, 0) is 74.7 Å². The Bertz CT molecular complexity index is 387. The Hall–Kier alpha value is -0.670. The molecular formula is C15H22N2S. The predicted molar refractivity (Wildman–Crippen MR) is 79.4 cm³/mol. The molecule has 18 heavy (non-hydrogen) atoms. The van der Waals surface area contributed by atoms with Gasteiger partial charge in [0.25, 0.3) is 0 Å². The normalized spacial score (nSPS) is 22.7. The first kappa shape index (κ1) is 12.4. The van der Waals surface area contributed by atoms with Crippen LogP contribution in [0.15, 0.2) is 29.2 Å². The van der Waals surface area contributed by atoms with Gasteiger partial charge in [0.15, 0.2) is 0 Å². The number of benzene rings is 1. The second-order valence-electron chi connectivity index (χ2n) is 5.73. The van der Waals surface area contributed by atoms with Crippen LogP contribution in [-0.4, -0.2) is 25.4 Å². The molecule has 1 aromatic rings. The number of hydrogen-bond acceptors (Lipinski definition) is 3. The van der Waals surface area contributed by atoms with Crippen molar-refractivity contribution in [3.8, 4) is 0 Å². The van der Waals surface area contributed by atoms with E-state index < -0.39 is 0 Å². The maximum absolute atomic E-state index is 3.67. The standard InChI is InChI=1S/C15H22N2S/c1-18-14-4-2-12(3-5-14)17-13-10-15(11-13)6-8-16-9-7-15/h2-5,13,16-17H,6-11H2,1H3. The van der Waals surface area contributed by atoms with Crippen molar-refractivity contribution in [1.82, 2.24) is 5.32 Å². The number of nitrogens with one attached hydrogen (secondary N) is 2. The Morgan fingerprint density at radius 1 is 1.17 bits per heavy atom. The van der Waals surface area contributed by atoms with Gasteiger partial charge in [-0.15, -0.1) is 11.8 Å². The molecule has 0 amide bonds. The lowest BCUT2D eigenvalue weighted by Gasteiger charge is -2.50. The van der Waals surface area contributed by atoms with E-state index in [1.54, 1.807) is 11.8 Å². The van der Waals surface area contributed by atoms with Gasteiger partial charge in [0.05, 0.1) is 0 Å². The average Bonchev–Trinajstić information content (AvgIpc) is 2.39. The summed E-state index contributed by atoms with van der Waals surface area (Å²) < 4.78 is 0. The first-order valence-corrected chi connectivity index (χ1v) is 8.13. The van der Waals surface area contributed by atoms with E-state index in [9.17, 15) is 0 Å². The van der Waals surface area contributed by atoms with Crippen LogP contribution in [0.25, 0.3) is 0 Å². The number of anilines is 1. The van der Waals surface area contributed by atoms with Gasteiger partial charge in [0.2, 0.25) is 0 Å². The van der Waals surface area contributed by atoms with Gasteiger partial charge in [-0.3, -0.25) is 0 Å². The van der Waals surface area contributed by atoms with Gasteiger partial charge in [-0.1, -0.05) is 0 Å². The van der Waals surface area contributed by atoms with Crippen LogP contribution in [0.1, 0.15) is 25.7 Å². The smallest absolute Gasteiger partial charge is 0.0343 e. The molecule has 1 aliphatic carbocycles. The molecule has 3 heteroatoms. The zero-order valence-corrected chi connectivity index (χ0v) is 11.9. The highest BCUT2D eigenvalue weighted by Gasteiger charge is 2.44. The van der Waals surface area contributed by atoms with Crippen LogP contribution < -0.4 is 10.6 Å². The maximum Gasteiger partial charge on any atom is 0.0343 e. The van der Waals surface area contributed by atoms with E-state index in [4.69, 9.17) is 0 Å². The van der Waals surface area contributed by atoms with Crippen LogP contribution in [0.2, 0.25) is 0 Å². The fourth-order valence-electron chi connectivity index (χ4n) is 3.38. The average molecular weight is 262 g/mol. The molecule has 2 N–H and O–H groups in total. The molecule has 1 saturated carbocycles. The van der Waals surface area contributed by atoms with Crippen molar-refractivity contribution in [3.05, 3.63) is 24.3 Å². The third-order valence-corrected chi connectivity index (χ3v) is 5.23. The first-order valence-electron chi connectivity index (χ1n) is 6.91. The van der Waals surface area contributed by atoms with Crippen LogP contribution in [0, 0.1) is 5.41 Å². The molecule has 0 aromatic heterocycles. The number of hydrogen-bond donors (Lipinski definition) is 2. The van der Waals surface area contributed by atoms with E-state index in [2.05, 4.69) is 41.2 Å². The predicted octanol–water partition coefficient (Wildman–Crippen LogP) is 3.35. The van der Waals surface area contributed by atoms with Crippen LogP contribution in [0.3, 0.4) is 0 Å². The van der Waals surface area contributed by atoms with Crippen LogP contribution in [0.4, 0.5) is 5.69 Å². The Morgan fingerprint density at radius 2 is 1.83 bits per heavy atom. The van der Waals surface area contributed by atoms with Gasteiger partial charge < -0.3 is 10.6 Å². The third kappa shape index (κ3) is 2.52. The molecule has 0 unspecified atom stereocenters. The summed E-state index contributed by atoms with van der Waals surface area (Å²) in [6.07, 6.45) is 7.58. The molecule has 1 aliphatic heterocycles. The van der Waals surface area contributed by atoms with E-state index in [1.807, 2.05) is 0 Å². The molecule has 2 nitrogen and oxygen atoms in total. The Morgan fingerprint density at radius 3 is 2.44 bits per heavy atom. The molecule has 1 spiro atoms. The van der Waals surface area contributed by atoms with Gasteiger partial charge >= 0.3 is 0 Å². The molecule has 0 radical (unpaired) electrons. The minimum Gasteiger partial charge on any atom is -0.382 e. The van der Waals surface area contributed by atoms with Crippen LogP contribution in [0.5, 0.6) is 0 Å². The highest BCUT2D eigenvalue weighted by Crippen LogP contribution is 2.48. The lowest BCUT2D eigenvalue weighted by atomic mass is 9.60. The minimum absolute atomic E-state index is 0.669. The van der Waals surface area contributed by atoms with Crippen molar-refractivity contribution in [3.63, 3.8) is 0 Å². The topological polar surface area (TPSA) is 24.1 Å². The summed E-state index contributed by atoms with van der Waals surface area (Å²) in [4.78, 5) is 1.34. The molecule has 2 aliphatic rings. The SMILES string of the molecule is CSc1ccc(NC2CC3(CCNCC3)C2)cc1. The van der Waals surface area contributed by atoms with E-state index in [0.717, 1.165) is 0 Å². The van der Waals surface area contributed by atoms with Crippen molar-refractivity contribution < 1.29 is 0 Å². The summed E-state index contributed by atoms with van der Waals surface area (Å²) >= 11 is 1.80. The van der Waals surface area contributed by atoms with Crippen molar-refractivity contribution in [2.75, 3.05) is 24.7 Å². The van der Waals surface area contributed by atoms with Gasteiger partial charge in [-0.25, -0.2) is 0 Å². The van der Waals surface area contributed by atoms with Crippen molar-refractivity contribution in [1.29, 1.82) is 0 Å². The summed E-state index contributed by atoms with van der Waals surface area (Å²) in [5.41, 5.74) is 1.95. The summed E-state index contributed by atoms with van der Waals surface area (Å²) in [6.45, 7) is 2.43. The Kier molecular flexibility index (Phi) is 3.53. The molecule has 0 atom stereocenters. The van der Waals surface area contributed by atoms with Gasteiger partial charge in [-0.2, -0.15) is 0 Å². The van der Waals surface area contributed by atoms with E-state index in [0.29, 0.717) is 11.5 Å². The van der Waals surface area contributed by atoms with Gasteiger partial charge in [0, 0.05) is 16.6 Å².